The summed E-state index contributed by atoms with van der Waals surface area (Å²) in [5.74, 6) is 0.275. The number of furan rings is 1. The Morgan fingerprint density at radius 1 is 1.69 bits per heavy atom. The zero-order valence-corrected chi connectivity index (χ0v) is 9.31. The van der Waals surface area contributed by atoms with Crippen LogP contribution in [-0.2, 0) is 4.74 Å². The summed E-state index contributed by atoms with van der Waals surface area (Å²) in [4.78, 5) is 13.5. The van der Waals surface area contributed by atoms with E-state index in [9.17, 15) is 4.79 Å². The molecule has 2 heterocycles. The predicted octanol–water partition coefficient (Wildman–Crippen LogP) is 0.340. The van der Waals surface area contributed by atoms with Gasteiger partial charge in [-0.1, -0.05) is 0 Å². The smallest absolute Gasteiger partial charge is 0.289 e. The molecule has 1 amide bonds. The van der Waals surface area contributed by atoms with Crippen LogP contribution in [0.5, 0.6) is 0 Å². The van der Waals surface area contributed by atoms with E-state index in [2.05, 4.69) is 5.32 Å². The van der Waals surface area contributed by atoms with Crippen molar-refractivity contribution in [3.63, 3.8) is 0 Å². The van der Waals surface area contributed by atoms with Crippen molar-refractivity contribution in [3.8, 4) is 0 Å². The summed E-state index contributed by atoms with van der Waals surface area (Å²) in [6, 6.07) is 3.59. The van der Waals surface area contributed by atoms with Gasteiger partial charge in [0.2, 0.25) is 0 Å². The van der Waals surface area contributed by atoms with Gasteiger partial charge in [-0.25, -0.2) is 0 Å². The normalized spacial score (nSPS) is 20.7. The first-order valence-corrected chi connectivity index (χ1v) is 5.37. The van der Waals surface area contributed by atoms with E-state index in [0.717, 1.165) is 13.2 Å². The molecule has 5 nitrogen and oxygen atoms in total. The molecule has 0 bridgehead atoms. The summed E-state index contributed by atoms with van der Waals surface area (Å²) in [6.07, 6.45) is 1.50. The predicted molar refractivity (Wildman–Crippen MR) is 58.3 cm³/mol. The second kappa shape index (κ2) is 5.14. The molecule has 1 saturated heterocycles. The highest BCUT2D eigenvalue weighted by Crippen LogP contribution is 2.05. The third-order valence-corrected chi connectivity index (χ3v) is 2.57. The largest absolute Gasteiger partial charge is 0.459 e. The molecule has 16 heavy (non-hydrogen) atoms. The SMILES string of the molecule is CN(CC1COCCN1)C(=O)c1ccco1. The summed E-state index contributed by atoms with van der Waals surface area (Å²) in [5, 5.41) is 3.30. The first kappa shape index (κ1) is 11.2. The topological polar surface area (TPSA) is 54.7 Å². The van der Waals surface area contributed by atoms with E-state index in [-0.39, 0.29) is 11.9 Å². The van der Waals surface area contributed by atoms with E-state index < -0.39 is 0 Å². The minimum Gasteiger partial charge on any atom is -0.459 e. The Morgan fingerprint density at radius 3 is 3.19 bits per heavy atom. The molecule has 1 aromatic rings. The fourth-order valence-corrected chi connectivity index (χ4v) is 1.74. The number of likely N-dealkylation sites (N-methyl/N-ethyl adjacent to an activating group) is 1. The first-order chi connectivity index (χ1) is 7.77. The van der Waals surface area contributed by atoms with E-state index in [0.29, 0.717) is 18.9 Å². The summed E-state index contributed by atoms with van der Waals surface area (Å²) >= 11 is 0. The van der Waals surface area contributed by atoms with Crippen LogP contribution in [0.25, 0.3) is 0 Å². The number of hydrogen-bond donors (Lipinski definition) is 1. The number of ether oxygens (including phenoxy) is 1. The molecule has 1 N–H and O–H groups in total. The van der Waals surface area contributed by atoms with Gasteiger partial charge < -0.3 is 19.4 Å². The Balaban J connectivity index is 1.87. The Morgan fingerprint density at radius 2 is 2.56 bits per heavy atom. The molecule has 88 valence electrons. The molecule has 1 atom stereocenters. The van der Waals surface area contributed by atoms with Crippen LogP contribution in [0.15, 0.2) is 22.8 Å². The maximum absolute atomic E-state index is 11.8. The number of carbonyl (C=O) groups is 1. The fraction of sp³-hybridized carbons (Fsp3) is 0.545. The summed E-state index contributed by atoms with van der Waals surface area (Å²) in [5.41, 5.74) is 0. The summed E-state index contributed by atoms with van der Waals surface area (Å²) in [6.45, 7) is 2.86. The van der Waals surface area contributed by atoms with Gasteiger partial charge in [0, 0.05) is 26.2 Å². The van der Waals surface area contributed by atoms with Gasteiger partial charge >= 0.3 is 0 Å². The van der Waals surface area contributed by atoms with Crippen LogP contribution in [0.1, 0.15) is 10.6 Å². The monoisotopic (exact) mass is 224 g/mol. The van der Waals surface area contributed by atoms with E-state index in [4.69, 9.17) is 9.15 Å². The number of nitrogens with one attached hydrogen (secondary N) is 1. The molecule has 1 aliphatic heterocycles. The molecule has 0 saturated carbocycles. The lowest BCUT2D eigenvalue weighted by Crippen LogP contribution is -2.48. The lowest BCUT2D eigenvalue weighted by Gasteiger charge is -2.27. The number of amides is 1. The van der Waals surface area contributed by atoms with Crippen molar-refractivity contribution in [2.24, 2.45) is 0 Å². The van der Waals surface area contributed by atoms with Gasteiger partial charge in [-0.15, -0.1) is 0 Å². The second-order valence-corrected chi connectivity index (χ2v) is 3.89. The Labute approximate surface area is 94.4 Å². The standard InChI is InChI=1S/C11H16N2O3/c1-13(7-9-8-15-6-4-12-9)11(14)10-3-2-5-16-10/h2-3,5,9,12H,4,6-8H2,1H3. The van der Waals surface area contributed by atoms with Crippen molar-refractivity contribution in [2.45, 2.75) is 6.04 Å². The highest BCUT2D eigenvalue weighted by atomic mass is 16.5. The van der Waals surface area contributed by atoms with E-state index in [1.165, 1.54) is 6.26 Å². The van der Waals surface area contributed by atoms with Crippen molar-refractivity contribution in [1.82, 2.24) is 10.2 Å². The molecule has 1 aromatic heterocycles. The zero-order chi connectivity index (χ0) is 11.4. The molecule has 0 spiro atoms. The van der Waals surface area contributed by atoms with Crippen LogP contribution in [0.3, 0.4) is 0 Å². The average Bonchev–Trinajstić information content (AvgIpc) is 2.83. The van der Waals surface area contributed by atoms with Gasteiger partial charge in [0.05, 0.1) is 19.5 Å². The van der Waals surface area contributed by atoms with E-state index in [1.54, 1.807) is 24.1 Å². The zero-order valence-electron chi connectivity index (χ0n) is 9.31. The molecular weight excluding hydrogens is 208 g/mol. The third-order valence-electron chi connectivity index (χ3n) is 2.57. The quantitative estimate of drug-likeness (QED) is 0.804. The van der Waals surface area contributed by atoms with Crippen LogP contribution < -0.4 is 5.32 Å². The van der Waals surface area contributed by atoms with Crippen molar-refractivity contribution in [2.75, 3.05) is 33.4 Å². The molecule has 0 radical (unpaired) electrons. The van der Waals surface area contributed by atoms with Gasteiger partial charge in [0.25, 0.3) is 5.91 Å². The van der Waals surface area contributed by atoms with Gasteiger partial charge in [-0.05, 0) is 12.1 Å². The molecule has 2 rings (SSSR count). The average molecular weight is 224 g/mol. The minimum atomic E-state index is -0.0997. The Hall–Kier alpha value is -1.33. The Bertz CT molecular complexity index is 331. The fourth-order valence-electron chi connectivity index (χ4n) is 1.74. The van der Waals surface area contributed by atoms with Crippen molar-refractivity contribution in [3.05, 3.63) is 24.2 Å². The van der Waals surface area contributed by atoms with Crippen LogP contribution in [0.2, 0.25) is 0 Å². The molecular formula is C11H16N2O3. The van der Waals surface area contributed by atoms with Crippen LogP contribution in [0, 0.1) is 0 Å². The lowest BCUT2D eigenvalue weighted by atomic mass is 10.2. The minimum absolute atomic E-state index is 0.0997. The maximum atomic E-state index is 11.8. The maximum Gasteiger partial charge on any atom is 0.289 e. The first-order valence-electron chi connectivity index (χ1n) is 5.37. The number of rotatable bonds is 3. The van der Waals surface area contributed by atoms with Crippen LogP contribution in [0.4, 0.5) is 0 Å². The molecule has 0 aliphatic carbocycles. The van der Waals surface area contributed by atoms with Crippen molar-refractivity contribution >= 4 is 5.91 Å². The number of morpholine rings is 1. The van der Waals surface area contributed by atoms with E-state index >= 15 is 0 Å². The third kappa shape index (κ3) is 2.62. The van der Waals surface area contributed by atoms with Gasteiger partial charge in [-0.3, -0.25) is 4.79 Å². The van der Waals surface area contributed by atoms with Crippen LogP contribution in [-0.4, -0.2) is 50.2 Å². The van der Waals surface area contributed by atoms with E-state index in [1.807, 2.05) is 0 Å². The molecule has 1 unspecified atom stereocenters. The Kier molecular flexibility index (Phi) is 3.58. The summed E-state index contributed by atoms with van der Waals surface area (Å²) in [7, 11) is 1.77. The number of nitrogens with zero attached hydrogens (tertiary/aromatic N) is 1. The second-order valence-electron chi connectivity index (χ2n) is 3.89. The highest BCUT2D eigenvalue weighted by molar-refractivity contribution is 5.91. The molecule has 5 heteroatoms. The van der Waals surface area contributed by atoms with Gasteiger partial charge in [0.15, 0.2) is 5.76 Å². The number of hydrogen-bond acceptors (Lipinski definition) is 4. The number of carbonyl (C=O) groups excluding carboxylic acids is 1. The highest BCUT2D eigenvalue weighted by Gasteiger charge is 2.20. The van der Waals surface area contributed by atoms with Crippen LogP contribution >= 0.6 is 0 Å². The molecule has 0 aromatic carbocycles. The van der Waals surface area contributed by atoms with Crippen molar-refractivity contribution in [1.29, 1.82) is 0 Å². The molecule has 1 fully saturated rings. The van der Waals surface area contributed by atoms with Gasteiger partial charge in [-0.2, -0.15) is 0 Å². The van der Waals surface area contributed by atoms with Crippen molar-refractivity contribution < 1.29 is 13.9 Å². The molecule has 1 aliphatic rings. The lowest BCUT2D eigenvalue weighted by molar-refractivity contribution is 0.0550. The van der Waals surface area contributed by atoms with Gasteiger partial charge in [0.1, 0.15) is 0 Å². The summed E-state index contributed by atoms with van der Waals surface area (Å²) < 4.78 is 10.4.